The average Bonchev–Trinajstić information content (AvgIpc) is 3.48. The van der Waals surface area contributed by atoms with Crippen LogP contribution in [0.4, 0.5) is 5.69 Å². The zero-order chi connectivity index (χ0) is 23.0. The molecular formula is C25H18N2O4S2. The van der Waals surface area contributed by atoms with Crippen LogP contribution in [0.15, 0.2) is 99.3 Å². The number of anilines is 1. The molecule has 0 saturated carbocycles. The van der Waals surface area contributed by atoms with E-state index in [1.807, 2.05) is 49.4 Å². The van der Waals surface area contributed by atoms with E-state index in [0.717, 1.165) is 26.4 Å². The molecule has 2 heterocycles. The number of benzene rings is 3. The fraction of sp³-hybridized carbons (Fsp3) is 0.0400. The van der Waals surface area contributed by atoms with Gasteiger partial charge in [0.2, 0.25) is 14.9 Å². The number of para-hydroxylation sites is 1. The largest absolute Gasteiger partial charge is 0.439 e. The van der Waals surface area contributed by atoms with Gasteiger partial charge in [-0.3, -0.25) is 4.79 Å². The molecular weight excluding hydrogens is 456 g/mol. The molecule has 33 heavy (non-hydrogen) atoms. The van der Waals surface area contributed by atoms with Crippen LogP contribution in [0.25, 0.3) is 20.8 Å². The van der Waals surface area contributed by atoms with E-state index in [-0.39, 0.29) is 15.7 Å². The van der Waals surface area contributed by atoms with Crippen molar-refractivity contribution in [2.45, 2.75) is 16.9 Å². The van der Waals surface area contributed by atoms with E-state index in [4.69, 9.17) is 4.42 Å². The monoisotopic (exact) mass is 474 g/mol. The van der Waals surface area contributed by atoms with Gasteiger partial charge in [0.15, 0.2) is 5.76 Å². The van der Waals surface area contributed by atoms with Gasteiger partial charge in [-0.2, -0.15) is 0 Å². The Morgan fingerprint density at radius 2 is 1.73 bits per heavy atom. The van der Waals surface area contributed by atoms with Crippen molar-refractivity contribution in [1.29, 1.82) is 0 Å². The van der Waals surface area contributed by atoms with E-state index in [0.29, 0.717) is 5.69 Å². The lowest BCUT2D eigenvalue weighted by atomic mass is 10.2. The topological polar surface area (TPSA) is 89.3 Å². The highest BCUT2D eigenvalue weighted by molar-refractivity contribution is 7.91. The molecule has 0 bridgehead atoms. The minimum Gasteiger partial charge on any atom is -0.439 e. The lowest BCUT2D eigenvalue weighted by Gasteiger charge is -2.05. The number of nitrogens with one attached hydrogen (secondary N) is 1. The van der Waals surface area contributed by atoms with Gasteiger partial charge in [-0.15, -0.1) is 11.3 Å². The Morgan fingerprint density at radius 1 is 0.939 bits per heavy atom. The third kappa shape index (κ3) is 4.18. The Kier molecular flexibility index (Phi) is 5.32. The minimum absolute atomic E-state index is 0.0916. The van der Waals surface area contributed by atoms with Crippen LogP contribution >= 0.6 is 11.3 Å². The molecule has 8 heteroatoms. The Labute approximate surface area is 194 Å². The van der Waals surface area contributed by atoms with Crippen LogP contribution in [-0.2, 0) is 9.84 Å². The molecule has 1 N–H and O–H groups in total. The third-order valence-corrected chi connectivity index (χ3v) is 7.79. The number of carbonyl (C=O) groups excluding carboxylic acids is 1. The van der Waals surface area contributed by atoms with E-state index in [9.17, 15) is 13.2 Å². The summed E-state index contributed by atoms with van der Waals surface area (Å²) in [7, 11) is -3.85. The molecule has 0 unspecified atom stereocenters. The van der Waals surface area contributed by atoms with Crippen molar-refractivity contribution >= 4 is 43.0 Å². The van der Waals surface area contributed by atoms with Crippen molar-refractivity contribution in [1.82, 2.24) is 4.98 Å². The number of sulfone groups is 1. The molecule has 1 amide bonds. The zero-order valence-electron chi connectivity index (χ0n) is 17.5. The second-order valence-corrected chi connectivity index (χ2v) is 10.4. The molecule has 0 saturated heterocycles. The number of thiazole rings is 1. The van der Waals surface area contributed by atoms with Crippen LogP contribution in [-0.4, -0.2) is 19.3 Å². The van der Waals surface area contributed by atoms with Crippen LogP contribution in [0.3, 0.4) is 0 Å². The van der Waals surface area contributed by atoms with Gasteiger partial charge in [0.25, 0.3) is 5.91 Å². The maximum Gasteiger partial charge on any atom is 0.291 e. The van der Waals surface area contributed by atoms with Crippen molar-refractivity contribution in [2.24, 2.45) is 0 Å². The summed E-state index contributed by atoms with van der Waals surface area (Å²) < 4.78 is 32.1. The van der Waals surface area contributed by atoms with E-state index < -0.39 is 15.7 Å². The van der Waals surface area contributed by atoms with Gasteiger partial charge in [0.1, 0.15) is 5.01 Å². The molecule has 5 aromatic rings. The number of hydrogen-bond donors (Lipinski definition) is 1. The molecule has 0 aliphatic rings. The second kappa shape index (κ2) is 8.31. The molecule has 0 atom stereocenters. The van der Waals surface area contributed by atoms with Crippen LogP contribution in [0.1, 0.15) is 16.1 Å². The highest BCUT2D eigenvalue weighted by Gasteiger charge is 2.23. The van der Waals surface area contributed by atoms with Crippen molar-refractivity contribution in [2.75, 3.05) is 5.32 Å². The number of aromatic nitrogens is 1. The summed E-state index contributed by atoms with van der Waals surface area (Å²) in [5.74, 6) is -0.632. The number of amides is 1. The zero-order valence-corrected chi connectivity index (χ0v) is 19.1. The molecule has 0 radical (unpaired) electrons. The molecule has 5 rings (SSSR count). The first kappa shape index (κ1) is 21.1. The van der Waals surface area contributed by atoms with E-state index in [1.165, 1.54) is 24.3 Å². The normalized spacial score (nSPS) is 11.5. The van der Waals surface area contributed by atoms with Gasteiger partial charge in [0.05, 0.1) is 15.1 Å². The third-order valence-electron chi connectivity index (χ3n) is 5.06. The lowest BCUT2D eigenvalue weighted by Crippen LogP contribution is -2.11. The van der Waals surface area contributed by atoms with E-state index in [2.05, 4.69) is 10.3 Å². The standard InChI is InChI=1S/C25H18N2O4S2/c1-16-9-11-19(12-10-16)33(29,30)23-14-13-21(31-23)24(28)26-18-6-4-5-17(15-18)25-27-20-7-2-3-8-22(20)32-25/h2-15H,1H3,(H,26,28). The van der Waals surface area contributed by atoms with Crippen molar-refractivity contribution < 1.29 is 17.6 Å². The van der Waals surface area contributed by atoms with Gasteiger partial charge in [-0.25, -0.2) is 13.4 Å². The maximum atomic E-state index is 12.8. The predicted octanol–water partition coefficient (Wildman–Crippen LogP) is 5.95. The molecule has 164 valence electrons. The minimum atomic E-state index is -3.85. The number of aryl methyl sites for hydroxylation is 1. The Morgan fingerprint density at radius 3 is 2.52 bits per heavy atom. The molecule has 0 aliphatic carbocycles. The summed E-state index contributed by atoms with van der Waals surface area (Å²) in [5, 5.41) is 3.33. The van der Waals surface area contributed by atoms with Gasteiger partial charge in [0, 0.05) is 11.3 Å². The number of fused-ring (bicyclic) bond motifs is 1. The number of rotatable bonds is 5. The highest BCUT2D eigenvalue weighted by atomic mass is 32.2. The Hall–Kier alpha value is -3.75. The van der Waals surface area contributed by atoms with Crippen molar-refractivity contribution in [3.05, 3.63) is 96.3 Å². The maximum absolute atomic E-state index is 12.8. The van der Waals surface area contributed by atoms with Crippen molar-refractivity contribution in [3.8, 4) is 10.6 Å². The molecule has 0 aliphatic heterocycles. The smallest absolute Gasteiger partial charge is 0.291 e. The van der Waals surface area contributed by atoms with Crippen LogP contribution in [0.5, 0.6) is 0 Å². The van der Waals surface area contributed by atoms with Gasteiger partial charge < -0.3 is 9.73 Å². The molecule has 3 aromatic carbocycles. The first-order valence-corrected chi connectivity index (χ1v) is 12.4. The van der Waals surface area contributed by atoms with E-state index in [1.54, 1.807) is 29.5 Å². The molecule has 2 aromatic heterocycles. The van der Waals surface area contributed by atoms with Gasteiger partial charge in [-0.05, 0) is 55.5 Å². The summed E-state index contributed by atoms with van der Waals surface area (Å²) in [5.41, 5.74) is 3.29. The quantitative estimate of drug-likeness (QED) is 0.340. The average molecular weight is 475 g/mol. The van der Waals surface area contributed by atoms with Gasteiger partial charge in [-0.1, -0.05) is 42.0 Å². The number of furan rings is 1. The molecule has 0 fully saturated rings. The summed E-state index contributed by atoms with van der Waals surface area (Å²) >= 11 is 1.57. The Balaban J connectivity index is 1.37. The fourth-order valence-electron chi connectivity index (χ4n) is 3.34. The predicted molar refractivity (Wildman–Crippen MR) is 128 cm³/mol. The summed E-state index contributed by atoms with van der Waals surface area (Å²) in [6.07, 6.45) is 0. The second-order valence-electron chi connectivity index (χ2n) is 7.46. The highest BCUT2D eigenvalue weighted by Crippen LogP contribution is 2.31. The Bertz CT molecular complexity index is 1550. The van der Waals surface area contributed by atoms with Gasteiger partial charge >= 0.3 is 0 Å². The summed E-state index contributed by atoms with van der Waals surface area (Å²) in [6.45, 7) is 1.87. The summed E-state index contributed by atoms with van der Waals surface area (Å²) in [6, 6.07) is 24.3. The number of hydrogen-bond acceptors (Lipinski definition) is 6. The SMILES string of the molecule is Cc1ccc(S(=O)(=O)c2ccc(C(=O)Nc3cccc(-c4nc5ccccc5s4)c3)o2)cc1. The summed E-state index contributed by atoms with van der Waals surface area (Å²) in [4.78, 5) is 17.5. The van der Waals surface area contributed by atoms with Crippen LogP contribution in [0.2, 0.25) is 0 Å². The van der Waals surface area contributed by atoms with Crippen LogP contribution < -0.4 is 5.32 Å². The first-order chi connectivity index (χ1) is 15.9. The molecule has 0 spiro atoms. The van der Waals surface area contributed by atoms with Crippen LogP contribution in [0, 0.1) is 6.92 Å². The number of nitrogens with zero attached hydrogens (tertiary/aromatic N) is 1. The fourth-order valence-corrected chi connectivity index (χ4v) is 5.47. The number of carbonyl (C=O) groups is 1. The molecule has 6 nitrogen and oxygen atoms in total. The van der Waals surface area contributed by atoms with E-state index >= 15 is 0 Å². The lowest BCUT2D eigenvalue weighted by molar-refractivity contribution is 0.0991. The van der Waals surface area contributed by atoms with Crippen molar-refractivity contribution in [3.63, 3.8) is 0 Å². The first-order valence-electron chi connectivity index (χ1n) is 10.1.